The molecule has 154 valence electrons. The van der Waals surface area contributed by atoms with E-state index >= 15 is 0 Å². The number of carbonyl (C=O) groups is 2. The molecule has 0 bridgehead atoms. The van der Waals surface area contributed by atoms with Gasteiger partial charge in [0.1, 0.15) is 10.7 Å². The van der Waals surface area contributed by atoms with Crippen LogP contribution in [0.2, 0.25) is 5.02 Å². The fourth-order valence-corrected chi connectivity index (χ4v) is 4.24. The number of amides is 3. The van der Waals surface area contributed by atoms with Gasteiger partial charge in [0.25, 0.3) is 5.91 Å². The topological polar surface area (TPSA) is 65.5 Å². The molecule has 0 radical (unpaired) electrons. The van der Waals surface area contributed by atoms with Crippen molar-refractivity contribution in [3.05, 3.63) is 81.6 Å². The summed E-state index contributed by atoms with van der Waals surface area (Å²) in [6.07, 6.45) is 1.47. The van der Waals surface area contributed by atoms with Crippen LogP contribution in [0.15, 0.2) is 54.7 Å². The molecule has 6 nitrogen and oxygen atoms in total. The first kappa shape index (κ1) is 20.3. The highest BCUT2D eigenvalue weighted by Gasteiger charge is 2.31. The summed E-state index contributed by atoms with van der Waals surface area (Å²) < 4.78 is 13.4. The lowest BCUT2D eigenvalue weighted by Crippen LogP contribution is -2.31. The van der Waals surface area contributed by atoms with Crippen LogP contribution in [-0.2, 0) is 13.1 Å². The molecule has 1 fully saturated rings. The molecular formula is C21H18ClFN4O2S. The van der Waals surface area contributed by atoms with E-state index in [1.165, 1.54) is 23.2 Å². The molecule has 4 rings (SSSR count). The molecule has 1 aliphatic heterocycles. The summed E-state index contributed by atoms with van der Waals surface area (Å²) in [6.45, 7) is 1.64. The van der Waals surface area contributed by atoms with Gasteiger partial charge in [0.2, 0.25) is 0 Å². The fraction of sp³-hybridized carbons (Fsp3) is 0.190. The number of hydrogen-bond acceptors (Lipinski definition) is 4. The molecule has 2 aromatic carbocycles. The van der Waals surface area contributed by atoms with E-state index in [-0.39, 0.29) is 17.8 Å². The molecule has 1 N–H and O–H groups in total. The molecule has 0 atom stereocenters. The number of nitrogens with one attached hydrogen (secondary N) is 1. The van der Waals surface area contributed by atoms with E-state index < -0.39 is 0 Å². The Morgan fingerprint density at radius 1 is 1.17 bits per heavy atom. The fourth-order valence-electron chi connectivity index (χ4n) is 3.17. The Bertz CT molecular complexity index is 1090. The highest BCUT2D eigenvalue weighted by molar-refractivity contribution is 7.17. The second-order valence-electron chi connectivity index (χ2n) is 6.81. The average molecular weight is 445 g/mol. The van der Waals surface area contributed by atoms with E-state index in [2.05, 4.69) is 10.3 Å². The molecule has 1 aromatic heterocycles. The van der Waals surface area contributed by atoms with Crippen molar-refractivity contribution >= 4 is 40.0 Å². The minimum absolute atomic E-state index is 0.209. The molecule has 30 heavy (non-hydrogen) atoms. The van der Waals surface area contributed by atoms with E-state index in [1.54, 1.807) is 29.2 Å². The summed E-state index contributed by atoms with van der Waals surface area (Å²) in [5.74, 6) is -0.591. The summed E-state index contributed by atoms with van der Waals surface area (Å²) in [5.41, 5.74) is 1.62. The summed E-state index contributed by atoms with van der Waals surface area (Å²) in [5, 5.41) is 3.90. The lowest BCUT2D eigenvalue weighted by Gasteiger charge is -2.16. The average Bonchev–Trinajstić information content (AvgIpc) is 3.34. The van der Waals surface area contributed by atoms with Crippen molar-refractivity contribution in [3.8, 4) is 0 Å². The molecule has 0 aliphatic carbocycles. The van der Waals surface area contributed by atoms with Gasteiger partial charge >= 0.3 is 6.03 Å². The van der Waals surface area contributed by atoms with Crippen LogP contribution in [0.5, 0.6) is 0 Å². The quantitative estimate of drug-likeness (QED) is 0.616. The maximum Gasteiger partial charge on any atom is 0.326 e. The Morgan fingerprint density at radius 3 is 2.77 bits per heavy atom. The van der Waals surface area contributed by atoms with Gasteiger partial charge in [0.15, 0.2) is 5.13 Å². The number of nitrogens with zero attached hydrogens (tertiary/aromatic N) is 3. The molecule has 0 unspecified atom stereocenters. The van der Waals surface area contributed by atoms with E-state index in [0.717, 1.165) is 22.5 Å². The zero-order valence-corrected chi connectivity index (χ0v) is 17.4. The number of anilines is 1. The smallest absolute Gasteiger partial charge is 0.326 e. The zero-order chi connectivity index (χ0) is 21.1. The number of carbonyl (C=O) groups excluding carboxylic acids is 2. The molecule has 0 saturated carbocycles. The Labute approximate surface area is 181 Å². The Morgan fingerprint density at radius 2 is 1.97 bits per heavy atom. The van der Waals surface area contributed by atoms with Gasteiger partial charge in [-0.3, -0.25) is 9.69 Å². The van der Waals surface area contributed by atoms with Crippen LogP contribution in [0.4, 0.5) is 14.3 Å². The summed E-state index contributed by atoms with van der Waals surface area (Å²) >= 11 is 7.12. The van der Waals surface area contributed by atoms with Crippen molar-refractivity contribution in [3.63, 3.8) is 0 Å². The molecule has 9 heteroatoms. The third-order valence-electron chi connectivity index (χ3n) is 4.65. The molecule has 0 spiro atoms. The Balaban J connectivity index is 1.37. The van der Waals surface area contributed by atoms with Crippen molar-refractivity contribution < 1.29 is 14.0 Å². The molecule has 2 heterocycles. The minimum atomic E-state index is -0.329. The number of thiazole rings is 1. The van der Waals surface area contributed by atoms with E-state index in [9.17, 15) is 14.0 Å². The van der Waals surface area contributed by atoms with E-state index in [0.29, 0.717) is 41.2 Å². The number of halogens is 2. The van der Waals surface area contributed by atoms with Crippen LogP contribution in [0.1, 0.15) is 20.8 Å². The van der Waals surface area contributed by atoms with Gasteiger partial charge in [-0.2, -0.15) is 0 Å². The Kier molecular flexibility index (Phi) is 5.96. The third-order valence-corrected chi connectivity index (χ3v) is 5.90. The number of urea groups is 1. The number of aromatic nitrogens is 1. The van der Waals surface area contributed by atoms with Gasteiger partial charge in [-0.1, -0.05) is 47.2 Å². The summed E-state index contributed by atoms with van der Waals surface area (Å²) in [7, 11) is 0. The summed E-state index contributed by atoms with van der Waals surface area (Å²) in [4.78, 5) is 33.0. The predicted octanol–water partition coefficient (Wildman–Crippen LogP) is 4.31. The van der Waals surface area contributed by atoms with Crippen molar-refractivity contribution in [2.75, 3.05) is 18.0 Å². The van der Waals surface area contributed by atoms with Crippen molar-refractivity contribution in [1.82, 2.24) is 15.2 Å². The van der Waals surface area contributed by atoms with Gasteiger partial charge in [0, 0.05) is 31.2 Å². The maximum absolute atomic E-state index is 13.4. The molecular weight excluding hydrogens is 427 g/mol. The highest BCUT2D eigenvalue weighted by atomic mass is 35.5. The second kappa shape index (κ2) is 8.81. The van der Waals surface area contributed by atoms with Gasteiger partial charge in [-0.05, 0) is 35.4 Å². The van der Waals surface area contributed by atoms with Crippen molar-refractivity contribution in [1.29, 1.82) is 0 Å². The lowest BCUT2D eigenvalue weighted by atomic mass is 10.2. The first-order chi connectivity index (χ1) is 14.5. The maximum atomic E-state index is 13.4. The van der Waals surface area contributed by atoms with Gasteiger partial charge in [-0.15, -0.1) is 0 Å². The van der Waals surface area contributed by atoms with Gasteiger partial charge in [0.05, 0.1) is 6.20 Å². The first-order valence-electron chi connectivity index (χ1n) is 9.29. The highest BCUT2D eigenvalue weighted by Crippen LogP contribution is 2.27. The zero-order valence-electron chi connectivity index (χ0n) is 15.8. The van der Waals surface area contributed by atoms with Crippen LogP contribution >= 0.6 is 22.9 Å². The third kappa shape index (κ3) is 4.60. The van der Waals surface area contributed by atoms with Crippen LogP contribution in [-0.4, -0.2) is 34.9 Å². The number of hydrogen-bond donors (Lipinski definition) is 1. The van der Waals surface area contributed by atoms with Crippen LogP contribution in [0.3, 0.4) is 0 Å². The number of rotatable bonds is 6. The van der Waals surface area contributed by atoms with Crippen LogP contribution < -0.4 is 10.2 Å². The number of benzene rings is 2. The molecule has 1 saturated heterocycles. The second-order valence-corrected chi connectivity index (χ2v) is 8.25. The van der Waals surface area contributed by atoms with Crippen molar-refractivity contribution in [2.45, 2.75) is 13.1 Å². The SMILES string of the molecule is O=C(NCc1cccc(Cl)c1)c1cnc(N2CCN(Cc3cccc(F)c3)C2=O)s1. The normalized spacial score (nSPS) is 13.7. The lowest BCUT2D eigenvalue weighted by molar-refractivity contribution is 0.0954. The van der Waals surface area contributed by atoms with Crippen molar-refractivity contribution in [2.24, 2.45) is 0 Å². The minimum Gasteiger partial charge on any atom is -0.347 e. The van der Waals surface area contributed by atoms with E-state index in [4.69, 9.17) is 11.6 Å². The predicted molar refractivity (Wildman–Crippen MR) is 114 cm³/mol. The van der Waals surface area contributed by atoms with Crippen LogP contribution in [0.25, 0.3) is 0 Å². The molecule has 1 aliphatic rings. The first-order valence-corrected chi connectivity index (χ1v) is 10.5. The van der Waals surface area contributed by atoms with E-state index in [1.807, 2.05) is 12.1 Å². The monoisotopic (exact) mass is 444 g/mol. The van der Waals surface area contributed by atoms with Crippen LogP contribution in [0, 0.1) is 5.82 Å². The standard InChI is InChI=1S/C21H18ClFN4O2S/c22-16-5-1-3-14(9-16)11-24-19(28)18-12-25-20(30-18)27-8-7-26(21(27)29)13-15-4-2-6-17(23)10-15/h1-6,9-10,12H,7-8,11,13H2,(H,24,28). The molecule has 3 aromatic rings. The Hall–Kier alpha value is -2.97. The van der Waals surface area contributed by atoms with Gasteiger partial charge < -0.3 is 10.2 Å². The van der Waals surface area contributed by atoms with Gasteiger partial charge in [-0.25, -0.2) is 14.2 Å². The molecule has 3 amide bonds. The largest absolute Gasteiger partial charge is 0.347 e. The summed E-state index contributed by atoms with van der Waals surface area (Å²) in [6, 6.07) is 13.2.